The zero-order valence-electron chi connectivity index (χ0n) is 12.7. The van der Waals surface area contributed by atoms with Gasteiger partial charge in [0.25, 0.3) is 5.91 Å². The van der Waals surface area contributed by atoms with Gasteiger partial charge in [0, 0.05) is 26.0 Å². The van der Waals surface area contributed by atoms with Crippen LogP contribution in [0.3, 0.4) is 0 Å². The molecule has 1 heterocycles. The fraction of sp³-hybridized carbons (Fsp3) is 0.462. The summed E-state index contributed by atoms with van der Waals surface area (Å²) in [5, 5.41) is 4.47. The van der Waals surface area contributed by atoms with E-state index in [-0.39, 0.29) is 6.54 Å². The van der Waals surface area contributed by atoms with Crippen LogP contribution in [0, 0.1) is 0 Å². The van der Waals surface area contributed by atoms with Crippen molar-refractivity contribution >= 4 is 23.9 Å². The van der Waals surface area contributed by atoms with Crippen molar-refractivity contribution in [2.24, 2.45) is 0 Å². The van der Waals surface area contributed by atoms with E-state index < -0.39 is 24.0 Å². The second-order valence-electron chi connectivity index (χ2n) is 4.39. The van der Waals surface area contributed by atoms with Crippen LogP contribution in [-0.4, -0.2) is 54.1 Å². The van der Waals surface area contributed by atoms with Gasteiger partial charge in [-0.25, -0.2) is 14.8 Å². The van der Waals surface area contributed by atoms with E-state index in [1.54, 1.807) is 32.4 Å². The molecule has 3 amide bonds. The van der Waals surface area contributed by atoms with Gasteiger partial charge in [0.2, 0.25) is 5.95 Å². The van der Waals surface area contributed by atoms with Crippen molar-refractivity contribution in [3.63, 3.8) is 0 Å². The Balaban J connectivity index is 2.44. The van der Waals surface area contributed by atoms with Crippen LogP contribution in [0.5, 0.6) is 0 Å². The summed E-state index contributed by atoms with van der Waals surface area (Å²) in [6.45, 7) is 3.36. The first-order valence-corrected chi connectivity index (χ1v) is 6.70. The number of anilines is 1. The van der Waals surface area contributed by atoms with Crippen molar-refractivity contribution in [2.45, 2.75) is 20.0 Å². The van der Waals surface area contributed by atoms with Crippen molar-refractivity contribution in [1.82, 2.24) is 20.6 Å². The molecule has 120 valence electrons. The molecule has 0 spiro atoms. The first kappa shape index (κ1) is 17.3. The van der Waals surface area contributed by atoms with Gasteiger partial charge in [-0.15, -0.1) is 0 Å². The first-order valence-electron chi connectivity index (χ1n) is 6.70. The van der Waals surface area contributed by atoms with Gasteiger partial charge in [0.1, 0.15) is 6.54 Å². The highest BCUT2D eigenvalue weighted by molar-refractivity contribution is 5.97. The van der Waals surface area contributed by atoms with Crippen LogP contribution < -0.4 is 15.5 Å². The van der Waals surface area contributed by atoms with Crippen LogP contribution in [0.15, 0.2) is 18.5 Å². The van der Waals surface area contributed by atoms with Gasteiger partial charge in [-0.2, -0.15) is 0 Å². The van der Waals surface area contributed by atoms with E-state index in [0.717, 1.165) is 0 Å². The molecule has 1 unspecified atom stereocenters. The van der Waals surface area contributed by atoms with Gasteiger partial charge in [-0.05, 0) is 19.9 Å². The molecular weight excluding hydrogens is 290 g/mol. The summed E-state index contributed by atoms with van der Waals surface area (Å²) in [6.07, 6.45) is 2.01. The SMILES string of the molecule is CCNC(=O)NC(=O)C(C)OC(=O)CN(C)c1ncccn1. The number of rotatable bonds is 6. The number of nitrogens with one attached hydrogen (secondary N) is 2. The molecule has 0 saturated heterocycles. The number of hydrogen-bond donors (Lipinski definition) is 2. The molecule has 0 fully saturated rings. The van der Waals surface area contributed by atoms with E-state index in [2.05, 4.69) is 20.6 Å². The highest BCUT2D eigenvalue weighted by Crippen LogP contribution is 2.02. The third kappa shape index (κ3) is 5.73. The van der Waals surface area contributed by atoms with Crippen LogP contribution in [-0.2, 0) is 14.3 Å². The maximum atomic E-state index is 11.8. The minimum atomic E-state index is -1.08. The summed E-state index contributed by atoms with van der Waals surface area (Å²) < 4.78 is 4.96. The molecule has 0 aliphatic heterocycles. The molecule has 0 saturated carbocycles. The summed E-state index contributed by atoms with van der Waals surface area (Å²) in [5.41, 5.74) is 0. The van der Waals surface area contributed by atoms with E-state index >= 15 is 0 Å². The number of nitrogens with zero attached hydrogens (tertiary/aromatic N) is 3. The summed E-state index contributed by atoms with van der Waals surface area (Å²) in [4.78, 5) is 44.0. The molecule has 1 rings (SSSR count). The molecule has 1 aromatic heterocycles. The van der Waals surface area contributed by atoms with E-state index in [0.29, 0.717) is 12.5 Å². The van der Waals surface area contributed by atoms with Crippen molar-refractivity contribution in [1.29, 1.82) is 0 Å². The van der Waals surface area contributed by atoms with Gasteiger partial charge in [0.15, 0.2) is 6.10 Å². The molecule has 0 radical (unpaired) electrons. The fourth-order valence-corrected chi connectivity index (χ4v) is 1.46. The van der Waals surface area contributed by atoms with Crippen LogP contribution in [0.4, 0.5) is 10.7 Å². The number of amides is 3. The van der Waals surface area contributed by atoms with E-state index in [1.807, 2.05) is 0 Å². The normalized spacial score (nSPS) is 11.2. The Morgan fingerprint density at radius 2 is 1.95 bits per heavy atom. The first-order chi connectivity index (χ1) is 10.4. The van der Waals surface area contributed by atoms with Gasteiger partial charge in [-0.1, -0.05) is 0 Å². The predicted octanol–water partition coefficient (Wildman–Crippen LogP) is -0.310. The maximum Gasteiger partial charge on any atom is 0.326 e. The van der Waals surface area contributed by atoms with Gasteiger partial charge in [-0.3, -0.25) is 14.9 Å². The Bertz CT molecular complexity index is 522. The lowest BCUT2D eigenvalue weighted by molar-refractivity contribution is -0.153. The Morgan fingerprint density at radius 3 is 2.55 bits per heavy atom. The fourth-order valence-electron chi connectivity index (χ4n) is 1.46. The third-order valence-electron chi connectivity index (χ3n) is 2.51. The van der Waals surface area contributed by atoms with E-state index in [1.165, 1.54) is 11.8 Å². The summed E-state index contributed by atoms with van der Waals surface area (Å²) in [5.74, 6) is -0.967. The zero-order chi connectivity index (χ0) is 16.5. The highest BCUT2D eigenvalue weighted by Gasteiger charge is 2.20. The third-order valence-corrected chi connectivity index (χ3v) is 2.51. The molecular formula is C13H19N5O4. The standard InChI is InChI=1S/C13H19N5O4/c1-4-14-13(21)17-11(20)9(2)22-10(19)8-18(3)12-15-6-5-7-16-12/h5-7,9H,4,8H2,1-3H3,(H2,14,17,20,21). The van der Waals surface area contributed by atoms with Gasteiger partial charge in [0.05, 0.1) is 0 Å². The number of carbonyl (C=O) groups excluding carboxylic acids is 3. The topological polar surface area (TPSA) is 114 Å². The zero-order valence-corrected chi connectivity index (χ0v) is 12.7. The summed E-state index contributed by atoms with van der Waals surface area (Å²) >= 11 is 0. The second kappa shape index (κ2) is 8.55. The molecule has 9 nitrogen and oxygen atoms in total. The molecule has 1 aromatic rings. The van der Waals surface area contributed by atoms with Crippen molar-refractivity contribution in [3.8, 4) is 0 Å². The number of carbonyl (C=O) groups is 3. The smallest absolute Gasteiger partial charge is 0.326 e. The maximum absolute atomic E-state index is 11.8. The molecule has 9 heteroatoms. The van der Waals surface area contributed by atoms with Gasteiger partial charge >= 0.3 is 12.0 Å². The van der Waals surface area contributed by atoms with Crippen molar-refractivity contribution in [3.05, 3.63) is 18.5 Å². The van der Waals surface area contributed by atoms with E-state index in [9.17, 15) is 14.4 Å². The quantitative estimate of drug-likeness (QED) is 0.693. The number of ether oxygens (including phenoxy) is 1. The molecule has 0 aliphatic rings. The summed E-state index contributed by atoms with van der Waals surface area (Å²) in [6, 6.07) is 1.02. The molecule has 22 heavy (non-hydrogen) atoms. The monoisotopic (exact) mass is 309 g/mol. The Kier molecular flexibility index (Phi) is 6.74. The van der Waals surface area contributed by atoms with Crippen molar-refractivity contribution < 1.29 is 19.1 Å². The average Bonchev–Trinajstić information content (AvgIpc) is 2.48. The molecule has 2 N–H and O–H groups in total. The van der Waals surface area contributed by atoms with Crippen LogP contribution in [0.25, 0.3) is 0 Å². The molecule has 1 atom stereocenters. The second-order valence-corrected chi connectivity index (χ2v) is 4.39. The molecule has 0 aliphatic carbocycles. The Labute approximate surface area is 128 Å². The molecule has 0 bridgehead atoms. The number of urea groups is 1. The lowest BCUT2D eigenvalue weighted by Crippen LogP contribution is -2.45. The van der Waals surface area contributed by atoms with Gasteiger partial charge < -0.3 is 15.0 Å². The van der Waals surface area contributed by atoms with Crippen LogP contribution >= 0.6 is 0 Å². The largest absolute Gasteiger partial charge is 0.451 e. The number of esters is 1. The van der Waals surface area contributed by atoms with Crippen molar-refractivity contribution in [2.75, 3.05) is 25.0 Å². The number of aromatic nitrogens is 2. The van der Waals surface area contributed by atoms with E-state index in [4.69, 9.17) is 4.74 Å². The van der Waals surface area contributed by atoms with Crippen LogP contribution in [0.2, 0.25) is 0 Å². The highest BCUT2D eigenvalue weighted by atomic mass is 16.5. The van der Waals surface area contributed by atoms with Crippen LogP contribution in [0.1, 0.15) is 13.8 Å². The number of imide groups is 1. The Hall–Kier alpha value is -2.71. The minimum Gasteiger partial charge on any atom is -0.451 e. The summed E-state index contributed by atoms with van der Waals surface area (Å²) in [7, 11) is 1.62. The Morgan fingerprint density at radius 1 is 1.32 bits per heavy atom. The minimum absolute atomic E-state index is 0.122. The number of hydrogen-bond acceptors (Lipinski definition) is 7. The lowest BCUT2D eigenvalue weighted by Gasteiger charge is -2.17. The predicted molar refractivity (Wildman–Crippen MR) is 78.1 cm³/mol. The lowest BCUT2D eigenvalue weighted by atomic mass is 10.4. The average molecular weight is 309 g/mol. The molecule has 0 aromatic carbocycles. The number of likely N-dealkylation sites (N-methyl/N-ethyl adjacent to an activating group) is 1.